The average molecular weight is 389 g/mol. The Kier molecular flexibility index (Phi) is 6.01. The van der Waals surface area contributed by atoms with E-state index < -0.39 is 0 Å². The number of nitrogens with zero attached hydrogens (tertiary/aromatic N) is 1. The normalized spacial score (nSPS) is 12.0. The van der Waals surface area contributed by atoms with Crippen molar-refractivity contribution in [3.05, 3.63) is 76.0 Å². The van der Waals surface area contributed by atoms with Crippen molar-refractivity contribution in [1.82, 2.24) is 10.3 Å². The highest BCUT2D eigenvalue weighted by molar-refractivity contribution is 7.13. The van der Waals surface area contributed by atoms with Crippen LogP contribution >= 0.6 is 22.9 Å². The third kappa shape index (κ3) is 4.68. The van der Waals surface area contributed by atoms with Gasteiger partial charge < -0.3 is 5.32 Å². The molecule has 0 aliphatic rings. The average Bonchev–Trinajstić information content (AvgIpc) is 3.09. The lowest BCUT2D eigenvalue weighted by molar-refractivity contribution is -0.121. The minimum absolute atomic E-state index is 0.0684. The summed E-state index contributed by atoms with van der Waals surface area (Å²) < 4.78 is 13.3. The Labute approximate surface area is 160 Å². The quantitative estimate of drug-likeness (QED) is 0.613. The maximum absolute atomic E-state index is 13.3. The molecule has 6 heteroatoms. The Morgan fingerprint density at radius 1 is 1.27 bits per heavy atom. The van der Waals surface area contributed by atoms with Gasteiger partial charge in [-0.15, -0.1) is 11.3 Å². The van der Waals surface area contributed by atoms with Crippen LogP contribution in [0.3, 0.4) is 0 Å². The number of carbonyl (C=O) groups excluding carboxylic acids is 1. The largest absolute Gasteiger partial charge is 0.349 e. The van der Waals surface area contributed by atoms with Gasteiger partial charge in [-0.05, 0) is 36.2 Å². The van der Waals surface area contributed by atoms with E-state index in [1.54, 1.807) is 12.1 Å². The third-order valence-corrected chi connectivity index (χ3v) is 5.17. The van der Waals surface area contributed by atoms with Crippen molar-refractivity contribution in [1.29, 1.82) is 0 Å². The van der Waals surface area contributed by atoms with Gasteiger partial charge in [-0.3, -0.25) is 4.79 Å². The Balaban J connectivity index is 1.65. The van der Waals surface area contributed by atoms with E-state index in [1.807, 2.05) is 36.6 Å². The molecule has 3 aromatic rings. The molecule has 1 N–H and O–H groups in total. The summed E-state index contributed by atoms with van der Waals surface area (Å²) >= 11 is 7.32. The van der Waals surface area contributed by atoms with Crippen molar-refractivity contribution >= 4 is 28.8 Å². The molecule has 2 aromatic carbocycles. The van der Waals surface area contributed by atoms with Crippen molar-refractivity contribution in [3.8, 4) is 10.6 Å². The van der Waals surface area contributed by atoms with Gasteiger partial charge in [0.2, 0.25) is 5.91 Å². The fourth-order valence-electron chi connectivity index (χ4n) is 2.67. The molecule has 0 fully saturated rings. The number of amides is 1. The van der Waals surface area contributed by atoms with Gasteiger partial charge in [0.15, 0.2) is 0 Å². The van der Waals surface area contributed by atoms with Crippen molar-refractivity contribution in [2.45, 2.75) is 25.8 Å². The molecule has 1 aromatic heterocycles. The molecule has 0 saturated heterocycles. The maximum Gasteiger partial charge on any atom is 0.226 e. The van der Waals surface area contributed by atoms with E-state index in [1.165, 1.54) is 23.5 Å². The zero-order valence-corrected chi connectivity index (χ0v) is 15.8. The molecular formula is C20H18ClFN2OS. The van der Waals surface area contributed by atoms with Gasteiger partial charge in [-0.2, -0.15) is 0 Å². The first kappa shape index (κ1) is 18.5. The first-order valence-electron chi connectivity index (χ1n) is 8.30. The maximum atomic E-state index is 13.3. The van der Waals surface area contributed by atoms with E-state index in [4.69, 9.17) is 11.6 Å². The first-order chi connectivity index (χ1) is 12.5. The highest BCUT2D eigenvalue weighted by Gasteiger charge is 2.15. The van der Waals surface area contributed by atoms with Crippen LogP contribution in [-0.4, -0.2) is 10.9 Å². The van der Waals surface area contributed by atoms with Crippen LogP contribution < -0.4 is 5.32 Å². The number of thiazole rings is 1. The SMILES string of the molecule is CCC(NC(=O)Cc1csc(-c2cccc(F)c2)n1)c1ccc(Cl)cc1. The lowest BCUT2D eigenvalue weighted by atomic mass is 10.0. The van der Waals surface area contributed by atoms with Crippen LogP contribution in [0.2, 0.25) is 5.02 Å². The molecule has 3 nitrogen and oxygen atoms in total. The summed E-state index contributed by atoms with van der Waals surface area (Å²) in [5.41, 5.74) is 2.41. The lowest BCUT2D eigenvalue weighted by Gasteiger charge is -2.17. The second-order valence-corrected chi connectivity index (χ2v) is 7.21. The second kappa shape index (κ2) is 8.43. The van der Waals surface area contributed by atoms with Crippen LogP contribution in [0.1, 0.15) is 30.6 Å². The predicted molar refractivity (Wildman–Crippen MR) is 104 cm³/mol. The van der Waals surface area contributed by atoms with Crippen LogP contribution in [0.25, 0.3) is 10.6 Å². The Morgan fingerprint density at radius 3 is 2.73 bits per heavy atom. The Morgan fingerprint density at radius 2 is 2.04 bits per heavy atom. The summed E-state index contributed by atoms with van der Waals surface area (Å²) in [5.74, 6) is -0.395. The fourth-order valence-corrected chi connectivity index (χ4v) is 3.61. The van der Waals surface area contributed by atoms with Gasteiger partial charge in [-0.25, -0.2) is 9.37 Å². The predicted octanol–water partition coefficient (Wildman–Crippen LogP) is 5.41. The van der Waals surface area contributed by atoms with Crippen molar-refractivity contribution < 1.29 is 9.18 Å². The zero-order chi connectivity index (χ0) is 18.5. The summed E-state index contributed by atoms with van der Waals surface area (Å²) in [7, 11) is 0. The first-order valence-corrected chi connectivity index (χ1v) is 9.56. The van der Waals surface area contributed by atoms with E-state index in [-0.39, 0.29) is 24.2 Å². The Bertz CT molecular complexity index is 895. The van der Waals surface area contributed by atoms with E-state index >= 15 is 0 Å². The molecule has 1 unspecified atom stereocenters. The zero-order valence-electron chi connectivity index (χ0n) is 14.2. The number of halogens is 2. The molecule has 0 bridgehead atoms. The smallest absolute Gasteiger partial charge is 0.226 e. The highest BCUT2D eigenvalue weighted by atomic mass is 35.5. The molecule has 0 radical (unpaired) electrons. The molecule has 0 aliphatic heterocycles. The third-order valence-electron chi connectivity index (χ3n) is 3.98. The van der Waals surface area contributed by atoms with E-state index in [0.29, 0.717) is 21.3 Å². The molecule has 1 amide bonds. The van der Waals surface area contributed by atoms with Crippen molar-refractivity contribution in [2.24, 2.45) is 0 Å². The Hall–Kier alpha value is -2.24. The molecule has 1 heterocycles. The monoisotopic (exact) mass is 388 g/mol. The number of rotatable bonds is 6. The van der Waals surface area contributed by atoms with Crippen molar-refractivity contribution in [2.75, 3.05) is 0 Å². The molecule has 0 saturated carbocycles. The molecule has 1 atom stereocenters. The number of nitrogens with one attached hydrogen (secondary N) is 1. The van der Waals surface area contributed by atoms with Crippen LogP contribution in [0.5, 0.6) is 0 Å². The minimum Gasteiger partial charge on any atom is -0.349 e. The number of carbonyl (C=O) groups is 1. The van der Waals surface area contributed by atoms with Gasteiger partial charge >= 0.3 is 0 Å². The van der Waals surface area contributed by atoms with Crippen molar-refractivity contribution in [3.63, 3.8) is 0 Å². The number of benzene rings is 2. The number of hydrogen-bond donors (Lipinski definition) is 1. The molecule has 134 valence electrons. The van der Waals surface area contributed by atoms with E-state index in [0.717, 1.165) is 12.0 Å². The second-order valence-electron chi connectivity index (χ2n) is 5.91. The van der Waals surface area contributed by atoms with Crippen LogP contribution in [-0.2, 0) is 11.2 Å². The van der Waals surface area contributed by atoms with E-state index in [2.05, 4.69) is 10.3 Å². The van der Waals surface area contributed by atoms with Gasteiger partial charge in [0, 0.05) is 16.0 Å². The summed E-state index contributed by atoms with van der Waals surface area (Å²) in [6.45, 7) is 2.02. The number of hydrogen-bond acceptors (Lipinski definition) is 3. The van der Waals surface area contributed by atoms with E-state index in [9.17, 15) is 9.18 Å². The summed E-state index contributed by atoms with van der Waals surface area (Å²) in [5, 5.41) is 6.24. The van der Waals surface area contributed by atoms with Crippen LogP contribution in [0.15, 0.2) is 53.9 Å². The summed E-state index contributed by atoms with van der Waals surface area (Å²) in [6.07, 6.45) is 0.967. The standard InChI is InChI=1S/C20H18ClFN2OS/c1-2-18(13-6-8-15(21)9-7-13)24-19(25)11-17-12-26-20(23-17)14-4-3-5-16(22)10-14/h3-10,12,18H,2,11H2,1H3,(H,24,25). The van der Waals surface area contributed by atoms with Gasteiger partial charge in [0.05, 0.1) is 18.2 Å². The summed E-state index contributed by atoms with van der Waals surface area (Å²) in [6, 6.07) is 13.7. The molecule has 0 aliphatic carbocycles. The van der Waals surface area contributed by atoms with Gasteiger partial charge in [0.25, 0.3) is 0 Å². The molecule has 3 rings (SSSR count). The van der Waals surface area contributed by atoms with Crippen LogP contribution in [0.4, 0.5) is 4.39 Å². The highest BCUT2D eigenvalue weighted by Crippen LogP contribution is 2.25. The fraction of sp³-hybridized carbons (Fsp3) is 0.200. The van der Waals surface area contributed by atoms with Gasteiger partial charge in [-0.1, -0.05) is 42.8 Å². The molecule has 26 heavy (non-hydrogen) atoms. The topological polar surface area (TPSA) is 42.0 Å². The minimum atomic E-state index is -0.300. The molecule has 0 spiro atoms. The number of aromatic nitrogens is 1. The molecular weight excluding hydrogens is 371 g/mol. The van der Waals surface area contributed by atoms with Gasteiger partial charge in [0.1, 0.15) is 10.8 Å². The summed E-state index contributed by atoms with van der Waals surface area (Å²) in [4.78, 5) is 16.8. The van der Waals surface area contributed by atoms with Crippen LogP contribution in [0, 0.1) is 5.82 Å². The lowest BCUT2D eigenvalue weighted by Crippen LogP contribution is -2.29.